The SMILES string of the molecule is Cc1cc(Cl)cc(C(N)=O)c1NC(=O)c1cc(C=NN/C(=N/N)C(F)(F)F)nn1-c1ncccc1Cl. The second kappa shape index (κ2) is 10.6. The molecule has 0 bridgehead atoms. The number of hydrogen-bond donors (Lipinski definition) is 4. The van der Waals surface area contributed by atoms with Crippen molar-refractivity contribution < 1.29 is 22.8 Å². The summed E-state index contributed by atoms with van der Waals surface area (Å²) in [5.74, 6) is 1.60. The Morgan fingerprint density at radius 2 is 1.94 bits per heavy atom. The lowest BCUT2D eigenvalue weighted by molar-refractivity contribution is -0.0619. The van der Waals surface area contributed by atoms with Crippen molar-refractivity contribution in [3.8, 4) is 5.82 Å². The number of amidine groups is 1. The molecule has 0 saturated heterocycles. The number of nitrogens with two attached hydrogens (primary N) is 2. The Labute approximate surface area is 210 Å². The number of alkyl halides is 3. The molecule has 0 aliphatic rings. The number of aryl methyl sites for hydroxylation is 1. The van der Waals surface area contributed by atoms with Crippen LogP contribution in [0.2, 0.25) is 10.0 Å². The smallest absolute Gasteiger partial charge is 0.366 e. The van der Waals surface area contributed by atoms with Crippen molar-refractivity contribution in [2.75, 3.05) is 5.32 Å². The van der Waals surface area contributed by atoms with Gasteiger partial charge in [0.15, 0.2) is 5.82 Å². The van der Waals surface area contributed by atoms with Gasteiger partial charge in [-0.1, -0.05) is 23.2 Å². The fraction of sp³-hybridized carbons (Fsp3) is 0.100. The monoisotopic (exact) mass is 541 g/mol. The van der Waals surface area contributed by atoms with Crippen LogP contribution in [0, 0.1) is 6.92 Å². The van der Waals surface area contributed by atoms with Gasteiger partial charge in [0.25, 0.3) is 11.8 Å². The second-order valence-electron chi connectivity index (χ2n) is 6.98. The van der Waals surface area contributed by atoms with Crippen molar-refractivity contribution in [1.82, 2.24) is 20.2 Å². The molecule has 16 heteroatoms. The summed E-state index contributed by atoms with van der Waals surface area (Å²) < 4.78 is 39.3. The molecule has 0 fully saturated rings. The number of hydrogen-bond acceptors (Lipinski definition) is 7. The molecule has 0 aliphatic carbocycles. The number of benzene rings is 1. The Hall–Kier alpha value is -4.17. The van der Waals surface area contributed by atoms with E-state index >= 15 is 0 Å². The lowest BCUT2D eigenvalue weighted by Gasteiger charge is -2.13. The molecule has 3 aromatic rings. The molecule has 0 unspecified atom stereocenters. The van der Waals surface area contributed by atoms with E-state index in [2.05, 4.69) is 25.6 Å². The van der Waals surface area contributed by atoms with Crippen LogP contribution in [-0.4, -0.2) is 44.8 Å². The molecule has 0 spiro atoms. The van der Waals surface area contributed by atoms with Crippen molar-refractivity contribution in [1.29, 1.82) is 0 Å². The number of carbonyl (C=O) groups is 2. The largest absolute Gasteiger partial charge is 0.452 e. The molecule has 11 nitrogen and oxygen atoms in total. The van der Waals surface area contributed by atoms with Gasteiger partial charge in [-0.2, -0.15) is 28.5 Å². The molecule has 0 atom stereocenters. The fourth-order valence-electron chi connectivity index (χ4n) is 2.92. The predicted molar refractivity (Wildman–Crippen MR) is 127 cm³/mol. The predicted octanol–water partition coefficient (Wildman–Crippen LogP) is 2.99. The van der Waals surface area contributed by atoms with Crippen LogP contribution in [0.1, 0.15) is 32.1 Å². The third-order valence-corrected chi connectivity index (χ3v) is 4.98. The van der Waals surface area contributed by atoms with E-state index in [1.807, 2.05) is 0 Å². The van der Waals surface area contributed by atoms with Crippen molar-refractivity contribution in [2.24, 2.45) is 21.8 Å². The molecular weight excluding hydrogens is 526 g/mol. The van der Waals surface area contributed by atoms with Gasteiger partial charge in [0, 0.05) is 11.2 Å². The summed E-state index contributed by atoms with van der Waals surface area (Å²) in [4.78, 5) is 29.2. The summed E-state index contributed by atoms with van der Waals surface area (Å²) in [6, 6.07) is 7.04. The van der Waals surface area contributed by atoms with E-state index in [9.17, 15) is 22.8 Å². The third kappa shape index (κ3) is 5.90. The summed E-state index contributed by atoms with van der Waals surface area (Å²) in [5.41, 5.74) is 7.37. The van der Waals surface area contributed by atoms with Gasteiger partial charge in [-0.3, -0.25) is 15.0 Å². The highest BCUT2D eigenvalue weighted by atomic mass is 35.5. The van der Waals surface area contributed by atoms with Gasteiger partial charge in [0.1, 0.15) is 11.4 Å². The van der Waals surface area contributed by atoms with Gasteiger partial charge in [0.05, 0.1) is 22.5 Å². The maximum absolute atomic E-state index is 13.2. The summed E-state index contributed by atoms with van der Waals surface area (Å²) in [5, 5.41) is 13.1. The van der Waals surface area contributed by atoms with Gasteiger partial charge in [0.2, 0.25) is 5.84 Å². The Balaban J connectivity index is 2.03. The average Bonchev–Trinajstić information content (AvgIpc) is 3.21. The van der Waals surface area contributed by atoms with E-state index in [0.29, 0.717) is 5.56 Å². The van der Waals surface area contributed by atoms with Crippen LogP contribution in [0.25, 0.3) is 5.82 Å². The summed E-state index contributed by atoms with van der Waals surface area (Å²) in [6.07, 6.45) is -2.59. The molecule has 3 rings (SSSR count). The zero-order valence-corrected chi connectivity index (χ0v) is 19.7. The molecule has 1 aromatic carbocycles. The second-order valence-corrected chi connectivity index (χ2v) is 7.83. The molecule has 188 valence electrons. The molecule has 0 radical (unpaired) electrons. The lowest BCUT2D eigenvalue weighted by atomic mass is 10.1. The number of pyridine rings is 1. The summed E-state index contributed by atoms with van der Waals surface area (Å²) in [6.45, 7) is 1.60. The van der Waals surface area contributed by atoms with Gasteiger partial charge in [-0.15, -0.1) is 0 Å². The molecule has 0 aliphatic heterocycles. The van der Waals surface area contributed by atoms with Crippen LogP contribution in [-0.2, 0) is 0 Å². The van der Waals surface area contributed by atoms with E-state index in [4.69, 9.17) is 34.8 Å². The molecule has 2 aromatic heterocycles. The average molecular weight is 542 g/mol. The topological polar surface area (TPSA) is 166 Å². The van der Waals surface area contributed by atoms with E-state index in [1.165, 1.54) is 30.5 Å². The number of amides is 2. The Morgan fingerprint density at radius 3 is 2.56 bits per heavy atom. The lowest BCUT2D eigenvalue weighted by Crippen LogP contribution is -2.35. The normalized spacial score (nSPS) is 12.1. The quantitative estimate of drug-likeness (QED) is 0.162. The number of halogens is 5. The van der Waals surface area contributed by atoms with Gasteiger partial charge < -0.3 is 16.9 Å². The summed E-state index contributed by atoms with van der Waals surface area (Å²) >= 11 is 12.2. The van der Waals surface area contributed by atoms with Crippen LogP contribution in [0.5, 0.6) is 0 Å². The first-order chi connectivity index (χ1) is 16.9. The number of nitrogens with one attached hydrogen (secondary N) is 2. The minimum Gasteiger partial charge on any atom is -0.366 e. The van der Waals surface area contributed by atoms with E-state index in [1.54, 1.807) is 18.4 Å². The standard InChI is InChI=1S/C20H16Cl2F3N9O2/c1-9-5-10(21)6-12(16(26)35)15(9)30-18(36)14-7-11(8-29-32-19(31-27)20(23,24)25)33-34(14)17-13(22)3-2-4-28-17/h2-8H,27H2,1H3,(H2,26,35)(H,30,36)(H,31,32). The van der Waals surface area contributed by atoms with Gasteiger partial charge in [-0.05, 0) is 42.8 Å². The van der Waals surface area contributed by atoms with Gasteiger partial charge >= 0.3 is 6.18 Å². The number of anilines is 1. The maximum Gasteiger partial charge on any atom is 0.452 e. The van der Waals surface area contributed by atoms with Crippen molar-refractivity contribution in [3.05, 3.63) is 69.1 Å². The number of primary amides is 1. The first-order valence-corrected chi connectivity index (χ1v) is 10.4. The number of hydrazone groups is 2. The highest BCUT2D eigenvalue weighted by Gasteiger charge is 2.36. The molecule has 6 N–H and O–H groups in total. The molecule has 36 heavy (non-hydrogen) atoms. The van der Waals surface area contributed by atoms with Crippen molar-refractivity contribution in [2.45, 2.75) is 13.1 Å². The molecular formula is C20H16Cl2F3N9O2. The minimum atomic E-state index is -4.87. The van der Waals surface area contributed by atoms with Crippen LogP contribution in [0.15, 0.2) is 46.7 Å². The number of rotatable bonds is 6. The number of nitrogens with zero attached hydrogens (tertiary/aromatic N) is 5. The van der Waals surface area contributed by atoms with Gasteiger partial charge in [-0.25, -0.2) is 9.67 Å². The number of aromatic nitrogens is 3. The van der Waals surface area contributed by atoms with E-state index < -0.39 is 23.8 Å². The van der Waals surface area contributed by atoms with Crippen LogP contribution in [0.3, 0.4) is 0 Å². The first-order valence-electron chi connectivity index (χ1n) is 9.68. The minimum absolute atomic E-state index is 0.0398. The Morgan fingerprint density at radius 1 is 1.22 bits per heavy atom. The maximum atomic E-state index is 13.2. The molecule has 2 heterocycles. The Bertz CT molecular complexity index is 1390. The summed E-state index contributed by atoms with van der Waals surface area (Å²) in [7, 11) is 0. The van der Waals surface area contributed by atoms with Crippen LogP contribution in [0.4, 0.5) is 18.9 Å². The van der Waals surface area contributed by atoms with Crippen molar-refractivity contribution in [3.63, 3.8) is 0 Å². The molecule has 2 amide bonds. The number of carbonyl (C=O) groups excluding carboxylic acids is 2. The highest BCUT2D eigenvalue weighted by molar-refractivity contribution is 6.32. The van der Waals surface area contributed by atoms with Crippen LogP contribution >= 0.6 is 23.2 Å². The molecule has 0 saturated carbocycles. The van der Waals surface area contributed by atoms with E-state index in [0.717, 1.165) is 10.9 Å². The van der Waals surface area contributed by atoms with Crippen LogP contribution < -0.4 is 22.3 Å². The first kappa shape index (κ1) is 26.4. The third-order valence-electron chi connectivity index (χ3n) is 4.47. The van der Waals surface area contributed by atoms with Crippen molar-refractivity contribution >= 4 is 52.8 Å². The highest BCUT2D eigenvalue weighted by Crippen LogP contribution is 2.27. The van der Waals surface area contributed by atoms with E-state index in [-0.39, 0.29) is 38.5 Å². The fourth-order valence-corrected chi connectivity index (χ4v) is 3.40. The zero-order valence-electron chi connectivity index (χ0n) is 18.1. The Kier molecular flexibility index (Phi) is 7.80. The zero-order chi connectivity index (χ0) is 26.6.